The lowest BCUT2D eigenvalue weighted by atomic mass is 10.1. The van der Waals surface area contributed by atoms with Gasteiger partial charge in [0.1, 0.15) is 4.90 Å². The molecule has 0 heterocycles. The van der Waals surface area contributed by atoms with Gasteiger partial charge in [-0.15, -0.1) is 0 Å². The average molecular weight is 313 g/mol. The van der Waals surface area contributed by atoms with E-state index in [1.807, 2.05) is 20.8 Å². The molecule has 0 aliphatic rings. The maximum absolute atomic E-state index is 12.2. The normalized spacial score (nSPS) is 13.1. The summed E-state index contributed by atoms with van der Waals surface area (Å²) in [6.07, 6.45) is 0. The fourth-order valence-electron chi connectivity index (χ4n) is 1.71. The molecule has 0 aliphatic heterocycles. The van der Waals surface area contributed by atoms with Crippen LogP contribution in [0.5, 0.6) is 0 Å². The zero-order valence-corrected chi connectivity index (χ0v) is 13.9. The Kier molecular flexibility index (Phi) is 5.36. The Hall–Kier alpha value is -1.60. The first-order valence-corrected chi connectivity index (χ1v) is 8.23. The Bertz CT molecular complexity index is 624. The summed E-state index contributed by atoms with van der Waals surface area (Å²) in [5.74, 6) is -0.0286. The zero-order chi connectivity index (χ0) is 16.4. The van der Waals surface area contributed by atoms with E-state index in [4.69, 9.17) is 5.14 Å². The number of primary sulfonamides is 1. The molecule has 1 aromatic carbocycles. The topological polar surface area (TPSA) is 92.5 Å². The number of hydrogen-bond donors (Lipinski definition) is 2. The molecule has 0 saturated carbocycles. The molecule has 118 valence electrons. The Morgan fingerprint density at radius 1 is 1.24 bits per heavy atom. The summed E-state index contributed by atoms with van der Waals surface area (Å²) in [7, 11) is -0.475. The van der Waals surface area contributed by atoms with E-state index < -0.39 is 10.0 Å². The standard InChI is InChI=1S/C14H23N3O3S/c1-9(2)10(3)16-14(18)11-6-7-12(17(4)5)13(8-11)21(15,19)20/h6-10H,1-5H3,(H,16,18)(H2,15,19,20). The lowest BCUT2D eigenvalue weighted by Gasteiger charge is -2.19. The first-order valence-electron chi connectivity index (χ1n) is 6.69. The number of benzene rings is 1. The molecule has 7 heteroatoms. The summed E-state index contributed by atoms with van der Waals surface area (Å²) in [4.78, 5) is 13.7. The fourth-order valence-corrected chi connectivity index (χ4v) is 2.54. The van der Waals surface area contributed by atoms with Gasteiger partial charge in [-0.2, -0.15) is 0 Å². The van der Waals surface area contributed by atoms with Crippen molar-refractivity contribution in [2.24, 2.45) is 11.1 Å². The minimum absolute atomic E-state index is 0.0102. The van der Waals surface area contributed by atoms with Crippen LogP contribution in [0.2, 0.25) is 0 Å². The number of carbonyl (C=O) groups is 1. The third kappa shape index (κ3) is 4.44. The molecular weight excluding hydrogens is 290 g/mol. The third-order valence-corrected chi connectivity index (χ3v) is 4.31. The van der Waals surface area contributed by atoms with E-state index in [0.717, 1.165) is 0 Å². The van der Waals surface area contributed by atoms with Crippen molar-refractivity contribution in [1.82, 2.24) is 5.32 Å². The first-order chi connectivity index (χ1) is 9.54. The predicted molar refractivity (Wildman–Crippen MR) is 83.9 cm³/mol. The molecular formula is C14H23N3O3S. The van der Waals surface area contributed by atoms with Gasteiger partial charge in [0.2, 0.25) is 10.0 Å². The van der Waals surface area contributed by atoms with E-state index in [2.05, 4.69) is 5.32 Å². The highest BCUT2D eigenvalue weighted by molar-refractivity contribution is 7.89. The zero-order valence-electron chi connectivity index (χ0n) is 13.0. The summed E-state index contributed by atoms with van der Waals surface area (Å²) in [6.45, 7) is 5.89. The minimum atomic E-state index is -3.90. The van der Waals surface area contributed by atoms with Crippen LogP contribution >= 0.6 is 0 Å². The number of rotatable bonds is 5. The molecule has 21 heavy (non-hydrogen) atoms. The minimum Gasteiger partial charge on any atom is -0.377 e. The lowest BCUT2D eigenvalue weighted by molar-refractivity contribution is 0.0930. The van der Waals surface area contributed by atoms with Crippen molar-refractivity contribution < 1.29 is 13.2 Å². The number of hydrogen-bond acceptors (Lipinski definition) is 4. The molecule has 0 aliphatic carbocycles. The molecule has 0 fully saturated rings. The second-order valence-electron chi connectivity index (χ2n) is 5.63. The molecule has 0 aromatic heterocycles. The van der Waals surface area contributed by atoms with Crippen molar-refractivity contribution in [2.75, 3.05) is 19.0 Å². The van der Waals surface area contributed by atoms with Gasteiger partial charge in [0.25, 0.3) is 5.91 Å². The van der Waals surface area contributed by atoms with Crippen LogP contribution in [0.15, 0.2) is 23.1 Å². The van der Waals surface area contributed by atoms with Gasteiger partial charge in [-0.05, 0) is 31.0 Å². The van der Waals surface area contributed by atoms with Gasteiger partial charge in [-0.25, -0.2) is 13.6 Å². The number of nitrogens with two attached hydrogens (primary N) is 1. The Balaban J connectivity index is 3.20. The summed E-state index contributed by atoms with van der Waals surface area (Å²) in [6, 6.07) is 4.47. The monoisotopic (exact) mass is 313 g/mol. The van der Waals surface area contributed by atoms with Crippen LogP contribution in [0.3, 0.4) is 0 Å². The molecule has 0 bridgehead atoms. The molecule has 0 saturated heterocycles. The van der Waals surface area contributed by atoms with Crippen LogP contribution in [0.25, 0.3) is 0 Å². The van der Waals surface area contributed by atoms with E-state index in [1.165, 1.54) is 6.07 Å². The molecule has 6 nitrogen and oxygen atoms in total. The van der Waals surface area contributed by atoms with Crippen LogP contribution in [-0.2, 0) is 10.0 Å². The van der Waals surface area contributed by atoms with Gasteiger partial charge in [0.15, 0.2) is 0 Å². The quantitative estimate of drug-likeness (QED) is 0.853. The number of sulfonamides is 1. The van der Waals surface area contributed by atoms with E-state index in [9.17, 15) is 13.2 Å². The Labute approximate surface area is 126 Å². The first kappa shape index (κ1) is 17.5. The molecule has 3 N–H and O–H groups in total. The number of amides is 1. The van der Waals surface area contributed by atoms with Crippen molar-refractivity contribution in [3.63, 3.8) is 0 Å². The largest absolute Gasteiger partial charge is 0.377 e. The molecule has 0 radical (unpaired) electrons. The molecule has 1 rings (SSSR count). The maximum atomic E-state index is 12.2. The average Bonchev–Trinajstić information content (AvgIpc) is 2.36. The summed E-state index contributed by atoms with van der Waals surface area (Å²) in [5, 5.41) is 8.06. The van der Waals surface area contributed by atoms with Gasteiger partial charge in [0, 0.05) is 25.7 Å². The summed E-state index contributed by atoms with van der Waals surface area (Å²) >= 11 is 0. The van der Waals surface area contributed by atoms with Crippen molar-refractivity contribution in [3.05, 3.63) is 23.8 Å². The molecule has 1 unspecified atom stereocenters. The van der Waals surface area contributed by atoms with Crippen LogP contribution in [-0.4, -0.2) is 34.5 Å². The van der Waals surface area contributed by atoms with Gasteiger partial charge in [-0.1, -0.05) is 13.8 Å². The van der Waals surface area contributed by atoms with Crippen LogP contribution < -0.4 is 15.4 Å². The molecule has 0 spiro atoms. The van der Waals surface area contributed by atoms with Crippen molar-refractivity contribution in [2.45, 2.75) is 31.7 Å². The third-order valence-electron chi connectivity index (χ3n) is 3.37. The van der Waals surface area contributed by atoms with Gasteiger partial charge >= 0.3 is 0 Å². The number of carbonyl (C=O) groups excluding carboxylic acids is 1. The number of nitrogens with one attached hydrogen (secondary N) is 1. The maximum Gasteiger partial charge on any atom is 0.251 e. The van der Waals surface area contributed by atoms with Gasteiger partial charge in [0.05, 0.1) is 5.69 Å². The van der Waals surface area contributed by atoms with E-state index >= 15 is 0 Å². The van der Waals surface area contributed by atoms with Crippen LogP contribution in [0, 0.1) is 5.92 Å². The molecule has 1 aromatic rings. The highest BCUT2D eigenvalue weighted by atomic mass is 32.2. The Morgan fingerprint density at radius 2 is 1.81 bits per heavy atom. The number of anilines is 1. The summed E-state index contributed by atoms with van der Waals surface area (Å²) in [5.41, 5.74) is 0.725. The predicted octanol–water partition coefficient (Wildman–Crippen LogP) is 1.17. The summed E-state index contributed by atoms with van der Waals surface area (Å²) < 4.78 is 23.4. The van der Waals surface area contributed by atoms with E-state index in [1.54, 1.807) is 31.1 Å². The number of nitrogens with zero attached hydrogens (tertiary/aromatic N) is 1. The fraction of sp³-hybridized carbons (Fsp3) is 0.500. The van der Waals surface area contributed by atoms with E-state index in [0.29, 0.717) is 5.69 Å². The second kappa shape index (κ2) is 6.44. The molecule has 1 amide bonds. The smallest absolute Gasteiger partial charge is 0.251 e. The second-order valence-corrected chi connectivity index (χ2v) is 7.16. The van der Waals surface area contributed by atoms with Gasteiger partial charge < -0.3 is 10.2 Å². The molecule has 1 atom stereocenters. The van der Waals surface area contributed by atoms with Crippen LogP contribution in [0.1, 0.15) is 31.1 Å². The lowest BCUT2D eigenvalue weighted by Crippen LogP contribution is -2.36. The van der Waals surface area contributed by atoms with Crippen LogP contribution in [0.4, 0.5) is 5.69 Å². The van der Waals surface area contributed by atoms with Crippen molar-refractivity contribution in [1.29, 1.82) is 0 Å². The van der Waals surface area contributed by atoms with E-state index in [-0.39, 0.29) is 28.3 Å². The SMILES string of the molecule is CC(C)C(C)NC(=O)c1ccc(N(C)C)c(S(N)(=O)=O)c1. The van der Waals surface area contributed by atoms with Crippen molar-refractivity contribution in [3.8, 4) is 0 Å². The van der Waals surface area contributed by atoms with Gasteiger partial charge in [-0.3, -0.25) is 4.79 Å². The van der Waals surface area contributed by atoms with Crippen molar-refractivity contribution >= 4 is 21.6 Å². The highest BCUT2D eigenvalue weighted by Crippen LogP contribution is 2.24. The Morgan fingerprint density at radius 3 is 2.24 bits per heavy atom. The highest BCUT2D eigenvalue weighted by Gasteiger charge is 2.19.